The Bertz CT molecular complexity index is 844. The van der Waals surface area contributed by atoms with Gasteiger partial charge in [0.25, 0.3) is 0 Å². The smallest absolute Gasteiger partial charge is 0.416 e. The van der Waals surface area contributed by atoms with E-state index in [1.54, 1.807) is 25.8 Å². The van der Waals surface area contributed by atoms with Gasteiger partial charge in [0.1, 0.15) is 0 Å². The van der Waals surface area contributed by atoms with E-state index in [0.717, 1.165) is 6.07 Å². The third-order valence-corrected chi connectivity index (χ3v) is 5.07. The summed E-state index contributed by atoms with van der Waals surface area (Å²) in [6.07, 6.45) is -4.57. The van der Waals surface area contributed by atoms with E-state index in [1.165, 1.54) is 33.3 Å². The summed E-state index contributed by atoms with van der Waals surface area (Å²) in [5.74, 6) is -2.49. The molecule has 1 aromatic rings. The van der Waals surface area contributed by atoms with Gasteiger partial charge in [0.15, 0.2) is 0 Å². The Morgan fingerprint density at radius 3 is 1.82 bits per heavy atom. The highest BCUT2D eigenvalue weighted by molar-refractivity contribution is 5.99. The third-order valence-electron chi connectivity index (χ3n) is 5.07. The Morgan fingerprint density at radius 2 is 1.43 bits per heavy atom. The van der Waals surface area contributed by atoms with Crippen LogP contribution in [0.5, 0.6) is 0 Å². The maximum Gasteiger partial charge on any atom is 0.416 e. The highest BCUT2D eigenvalue weighted by Gasteiger charge is 2.41. The first kappa shape index (κ1) is 21.5. The van der Waals surface area contributed by atoms with Crippen molar-refractivity contribution in [1.82, 2.24) is 4.90 Å². The number of allylic oxidation sites excluding steroid dienone is 2. The second-order valence-corrected chi connectivity index (χ2v) is 6.55. The first-order valence-corrected chi connectivity index (χ1v) is 8.45. The molecule has 0 saturated heterocycles. The first-order valence-electron chi connectivity index (χ1n) is 8.45. The van der Waals surface area contributed by atoms with Gasteiger partial charge < -0.3 is 14.4 Å². The van der Waals surface area contributed by atoms with Crippen molar-refractivity contribution in [2.75, 3.05) is 21.3 Å². The van der Waals surface area contributed by atoms with Crippen molar-refractivity contribution in [3.8, 4) is 0 Å². The molecule has 0 spiro atoms. The Hall–Kier alpha value is -2.77. The number of benzene rings is 1. The van der Waals surface area contributed by atoms with Crippen LogP contribution in [-0.4, -0.2) is 38.1 Å². The van der Waals surface area contributed by atoms with Gasteiger partial charge in [-0.1, -0.05) is 12.1 Å². The highest BCUT2D eigenvalue weighted by Crippen LogP contribution is 2.44. The predicted octanol–water partition coefficient (Wildman–Crippen LogP) is 3.94. The van der Waals surface area contributed by atoms with Gasteiger partial charge >= 0.3 is 18.1 Å². The first-order chi connectivity index (χ1) is 12.9. The van der Waals surface area contributed by atoms with Gasteiger partial charge in [-0.05, 0) is 38.0 Å². The molecule has 5 nitrogen and oxygen atoms in total. The molecule has 0 unspecified atom stereocenters. The molecule has 0 atom stereocenters. The van der Waals surface area contributed by atoms with Crippen LogP contribution in [0.2, 0.25) is 0 Å². The molecule has 1 aliphatic rings. The Labute approximate surface area is 161 Å². The number of carbonyl (C=O) groups is 2. The summed E-state index contributed by atoms with van der Waals surface area (Å²) in [6.45, 7) is 4.65. The number of esters is 2. The van der Waals surface area contributed by atoms with Crippen molar-refractivity contribution < 1.29 is 32.2 Å². The molecule has 152 valence electrons. The van der Waals surface area contributed by atoms with Gasteiger partial charge in [-0.3, -0.25) is 0 Å². The minimum Gasteiger partial charge on any atom is -0.466 e. The maximum atomic E-state index is 13.4. The molecule has 0 aliphatic carbocycles. The molecule has 1 aliphatic heterocycles. The monoisotopic (exact) mass is 397 g/mol. The van der Waals surface area contributed by atoms with Gasteiger partial charge in [0.05, 0.1) is 36.8 Å². The van der Waals surface area contributed by atoms with Gasteiger partial charge in [-0.15, -0.1) is 0 Å². The van der Waals surface area contributed by atoms with E-state index in [-0.39, 0.29) is 22.3 Å². The molecule has 1 heterocycles. The number of rotatable bonds is 3. The maximum absolute atomic E-state index is 13.4. The van der Waals surface area contributed by atoms with Gasteiger partial charge in [0, 0.05) is 18.4 Å². The van der Waals surface area contributed by atoms with Crippen molar-refractivity contribution in [1.29, 1.82) is 0 Å². The largest absolute Gasteiger partial charge is 0.466 e. The fraction of sp³-hybridized carbons (Fsp3) is 0.400. The second-order valence-electron chi connectivity index (χ2n) is 6.55. The standard InChI is InChI=1S/C20H22F3NO4/c1-10-7-8-13(9-14(10)20(21,22)23)17-15(18(25)27-5)11(2)24(4)12(3)16(17)19(26)28-6/h7-9,17H,1-6H3. The van der Waals surface area contributed by atoms with Crippen LogP contribution in [-0.2, 0) is 25.2 Å². The molecule has 28 heavy (non-hydrogen) atoms. The van der Waals surface area contributed by atoms with E-state index in [2.05, 4.69) is 0 Å². The normalized spacial score (nSPS) is 15.8. The number of aryl methyl sites for hydroxylation is 1. The van der Waals surface area contributed by atoms with Crippen LogP contribution < -0.4 is 0 Å². The van der Waals surface area contributed by atoms with Crippen LogP contribution >= 0.6 is 0 Å². The van der Waals surface area contributed by atoms with Gasteiger partial charge in [-0.2, -0.15) is 13.2 Å². The quantitative estimate of drug-likeness (QED) is 0.724. The summed E-state index contributed by atoms with van der Waals surface area (Å²) < 4.78 is 50.0. The molecular formula is C20H22F3NO4. The average Bonchev–Trinajstić information content (AvgIpc) is 2.64. The number of methoxy groups -OCH3 is 2. The molecule has 0 aromatic heterocycles. The topological polar surface area (TPSA) is 55.8 Å². The lowest BCUT2D eigenvalue weighted by molar-refractivity contribution is -0.138. The summed E-state index contributed by atoms with van der Waals surface area (Å²) in [5.41, 5.74) is 0.524. The zero-order valence-corrected chi connectivity index (χ0v) is 16.5. The molecule has 2 rings (SSSR count). The molecule has 0 amide bonds. The number of carbonyl (C=O) groups excluding carboxylic acids is 2. The number of hydrogen-bond donors (Lipinski definition) is 0. The SMILES string of the molecule is COC(=O)C1=C(C)N(C)C(C)=C(C(=O)OC)C1c1ccc(C)c(C(F)(F)F)c1. The number of halogens is 3. The summed E-state index contributed by atoms with van der Waals surface area (Å²) in [6, 6.07) is 3.77. The molecule has 0 saturated carbocycles. The Kier molecular flexibility index (Phi) is 5.91. The van der Waals surface area contributed by atoms with E-state index >= 15 is 0 Å². The van der Waals surface area contributed by atoms with Gasteiger partial charge in [-0.25, -0.2) is 9.59 Å². The van der Waals surface area contributed by atoms with Crippen molar-refractivity contribution in [3.05, 3.63) is 57.4 Å². The van der Waals surface area contributed by atoms with Crippen molar-refractivity contribution in [2.24, 2.45) is 0 Å². The molecule has 8 heteroatoms. The molecule has 0 bridgehead atoms. The summed E-state index contributed by atoms with van der Waals surface area (Å²) in [7, 11) is 4.01. The number of ether oxygens (including phenoxy) is 2. The van der Waals surface area contributed by atoms with E-state index in [1.807, 2.05) is 0 Å². The zero-order chi connectivity index (χ0) is 21.4. The summed E-state index contributed by atoms with van der Waals surface area (Å²) in [5, 5.41) is 0. The van der Waals surface area contributed by atoms with E-state index in [0.29, 0.717) is 11.4 Å². The average molecular weight is 397 g/mol. The molecule has 0 fully saturated rings. The molecule has 1 aromatic carbocycles. The van der Waals surface area contributed by atoms with Crippen molar-refractivity contribution >= 4 is 11.9 Å². The minimum absolute atomic E-state index is 0.0461. The summed E-state index contributed by atoms with van der Waals surface area (Å²) in [4.78, 5) is 26.6. The molecule has 0 radical (unpaired) electrons. The van der Waals surface area contributed by atoms with Crippen LogP contribution in [0.25, 0.3) is 0 Å². The molecule has 0 N–H and O–H groups in total. The predicted molar refractivity (Wildman–Crippen MR) is 96.1 cm³/mol. The lowest BCUT2D eigenvalue weighted by Gasteiger charge is -2.35. The lowest BCUT2D eigenvalue weighted by atomic mass is 9.79. The van der Waals surface area contributed by atoms with Crippen LogP contribution in [0.3, 0.4) is 0 Å². The van der Waals surface area contributed by atoms with Crippen LogP contribution in [0.1, 0.15) is 36.5 Å². The number of nitrogens with zero attached hydrogens (tertiary/aromatic N) is 1. The van der Waals surface area contributed by atoms with Crippen LogP contribution in [0, 0.1) is 6.92 Å². The fourth-order valence-corrected chi connectivity index (χ4v) is 3.38. The Balaban J connectivity index is 2.84. The zero-order valence-electron chi connectivity index (χ0n) is 16.5. The van der Waals surface area contributed by atoms with Crippen molar-refractivity contribution in [2.45, 2.75) is 32.9 Å². The number of alkyl halides is 3. The fourth-order valence-electron chi connectivity index (χ4n) is 3.38. The number of hydrogen-bond acceptors (Lipinski definition) is 5. The lowest BCUT2D eigenvalue weighted by Crippen LogP contribution is -2.33. The molecular weight excluding hydrogens is 375 g/mol. The second kappa shape index (κ2) is 7.69. The third kappa shape index (κ3) is 3.63. The van der Waals surface area contributed by atoms with Gasteiger partial charge in [0.2, 0.25) is 0 Å². The van der Waals surface area contributed by atoms with E-state index in [4.69, 9.17) is 9.47 Å². The van der Waals surface area contributed by atoms with E-state index in [9.17, 15) is 22.8 Å². The van der Waals surface area contributed by atoms with E-state index < -0.39 is 29.6 Å². The highest BCUT2D eigenvalue weighted by atomic mass is 19.4. The van der Waals surface area contributed by atoms with Crippen LogP contribution in [0.4, 0.5) is 13.2 Å². The Morgan fingerprint density at radius 1 is 0.964 bits per heavy atom. The summed E-state index contributed by atoms with van der Waals surface area (Å²) >= 11 is 0. The minimum atomic E-state index is -4.57. The van der Waals surface area contributed by atoms with Crippen molar-refractivity contribution in [3.63, 3.8) is 0 Å². The van der Waals surface area contributed by atoms with Crippen LogP contribution in [0.15, 0.2) is 40.7 Å².